The smallest absolute Gasteiger partial charge is 0.323 e. The van der Waals surface area contributed by atoms with Gasteiger partial charge in [-0.25, -0.2) is 9.97 Å². The van der Waals surface area contributed by atoms with E-state index >= 15 is 0 Å². The largest absolute Gasteiger partial charge is 0.480 e. The Balaban J connectivity index is 2.56. The molecule has 0 bridgehead atoms. The van der Waals surface area contributed by atoms with Crippen molar-refractivity contribution in [1.82, 2.24) is 14.5 Å². The number of rotatable bonds is 4. The maximum Gasteiger partial charge on any atom is 0.323 e. The van der Waals surface area contributed by atoms with Gasteiger partial charge in [0.2, 0.25) is 0 Å². The van der Waals surface area contributed by atoms with Crippen LogP contribution in [0.25, 0.3) is 11.2 Å². The van der Waals surface area contributed by atoms with Gasteiger partial charge in [0.05, 0.1) is 0 Å². The Morgan fingerprint density at radius 1 is 1.50 bits per heavy atom. The molecule has 0 spiro atoms. The van der Waals surface area contributed by atoms with Gasteiger partial charge >= 0.3 is 5.97 Å². The molecule has 0 unspecified atom stereocenters. The zero-order chi connectivity index (χ0) is 13.3. The lowest BCUT2D eigenvalue weighted by molar-refractivity contribution is -0.137. The lowest BCUT2D eigenvalue weighted by atomic mass is 10.1. The number of imidazole rings is 1. The summed E-state index contributed by atoms with van der Waals surface area (Å²) in [7, 11) is 0. The van der Waals surface area contributed by atoms with E-state index in [1.807, 2.05) is 13.0 Å². The molecule has 96 valence electrons. The summed E-state index contributed by atoms with van der Waals surface area (Å²) in [5, 5.41) is 8.98. The maximum atomic E-state index is 10.9. The molecule has 0 atom stereocenters. The van der Waals surface area contributed by atoms with Gasteiger partial charge < -0.3 is 9.67 Å². The van der Waals surface area contributed by atoms with E-state index in [1.54, 1.807) is 10.8 Å². The lowest BCUT2D eigenvalue weighted by Gasteiger charge is -2.07. The van der Waals surface area contributed by atoms with E-state index < -0.39 is 5.97 Å². The Morgan fingerprint density at radius 2 is 2.22 bits per heavy atom. The molecule has 0 aliphatic heterocycles. The van der Waals surface area contributed by atoms with Crippen molar-refractivity contribution in [3.8, 4) is 0 Å². The van der Waals surface area contributed by atoms with Crippen LogP contribution in [0, 0.1) is 12.8 Å². The fraction of sp³-hybridized carbons (Fsp3) is 0.462. The Labute approximate surface area is 105 Å². The monoisotopic (exact) mass is 247 g/mol. The summed E-state index contributed by atoms with van der Waals surface area (Å²) in [6, 6.07) is 1.94. The van der Waals surface area contributed by atoms with Gasteiger partial charge in [-0.15, -0.1) is 0 Å². The van der Waals surface area contributed by atoms with Crippen LogP contribution in [0.2, 0.25) is 0 Å². The van der Waals surface area contributed by atoms with Crippen LogP contribution in [-0.4, -0.2) is 25.6 Å². The van der Waals surface area contributed by atoms with Crippen LogP contribution in [0.1, 0.15) is 25.2 Å². The van der Waals surface area contributed by atoms with Crippen molar-refractivity contribution in [3.05, 3.63) is 23.7 Å². The highest BCUT2D eigenvalue weighted by Crippen LogP contribution is 2.17. The molecule has 0 fully saturated rings. The molecule has 2 aromatic rings. The molecular weight excluding hydrogens is 230 g/mol. The van der Waals surface area contributed by atoms with Gasteiger partial charge in [-0.05, 0) is 24.5 Å². The number of fused-ring (bicyclic) bond motifs is 1. The predicted molar refractivity (Wildman–Crippen MR) is 68.4 cm³/mol. The van der Waals surface area contributed by atoms with Crippen molar-refractivity contribution < 1.29 is 9.90 Å². The van der Waals surface area contributed by atoms with Gasteiger partial charge in [0, 0.05) is 12.6 Å². The first-order valence-electron chi connectivity index (χ1n) is 6.01. The zero-order valence-electron chi connectivity index (χ0n) is 10.8. The minimum atomic E-state index is -0.873. The average Bonchev–Trinajstić information content (AvgIpc) is 2.54. The van der Waals surface area contributed by atoms with Crippen LogP contribution in [0.15, 0.2) is 12.3 Å². The molecular formula is C13H17N3O2. The van der Waals surface area contributed by atoms with Crippen molar-refractivity contribution in [1.29, 1.82) is 0 Å². The fourth-order valence-corrected chi connectivity index (χ4v) is 1.98. The van der Waals surface area contributed by atoms with E-state index in [0.29, 0.717) is 11.6 Å². The normalized spacial score (nSPS) is 11.3. The van der Waals surface area contributed by atoms with Crippen molar-refractivity contribution in [2.24, 2.45) is 5.92 Å². The van der Waals surface area contributed by atoms with Crippen LogP contribution in [0.5, 0.6) is 0 Å². The van der Waals surface area contributed by atoms with Crippen LogP contribution in [0.4, 0.5) is 0 Å². The third kappa shape index (κ3) is 2.50. The first-order chi connectivity index (χ1) is 8.47. The summed E-state index contributed by atoms with van der Waals surface area (Å²) in [6.45, 7) is 6.03. The third-order valence-corrected chi connectivity index (χ3v) is 2.68. The van der Waals surface area contributed by atoms with E-state index in [2.05, 4.69) is 23.8 Å². The summed E-state index contributed by atoms with van der Waals surface area (Å²) >= 11 is 0. The second-order valence-electron chi connectivity index (χ2n) is 4.96. The highest BCUT2D eigenvalue weighted by Gasteiger charge is 2.15. The number of aromatic nitrogens is 3. The molecule has 0 saturated heterocycles. The minimum absolute atomic E-state index is 0.0887. The molecule has 2 aromatic heterocycles. The van der Waals surface area contributed by atoms with Gasteiger partial charge in [-0.1, -0.05) is 13.8 Å². The summed E-state index contributed by atoms with van der Waals surface area (Å²) in [6.07, 6.45) is 2.49. The molecule has 5 nitrogen and oxygen atoms in total. The molecule has 0 aliphatic carbocycles. The fourth-order valence-electron chi connectivity index (χ4n) is 1.98. The summed E-state index contributed by atoms with van der Waals surface area (Å²) in [5.74, 6) is 0.345. The summed E-state index contributed by atoms with van der Waals surface area (Å²) < 4.78 is 1.69. The first kappa shape index (κ1) is 12.5. The molecule has 0 radical (unpaired) electrons. The second-order valence-corrected chi connectivity index (χ2v) is 4.96. The highest BCUT2D eigenvalue weighted by atomic mass is 16.4. The van der Waals surface area contributed by atoms with Crippen molar-refractivity contribution >= 4 is 17.1 Å². The topological polar surface area (TPSA) is 68.0 Å². The van der Waals surface area contributed by atoms with Crippen LogP contribution < -0.4 is 0 Å². The Bertz CT molecular complexity index is 587. The number of aryl methyl sites for hydroxylation is 1. The molecule has 5 heteroatoms. The standard InChI is InChI=1S/C13H17N3O2/c1-8(2)4-11-15-10-5-9(3)6-14-13(10)16(11)7-12(17)18/h5-6,8H,4,7H2,1-3H3,(H,17,18). The number of aliphatic carboxylic acids is 1. The van der Waals surface area contributed by atoms with Gasteiger partial charge in [-0.2, -0.15) is 0 Å². The molecule has 0 amide bonds. The molecule has 1 N–H and O–H groups in total. The van der Waals surface area contributed by atoms with E-state index in [0.717, 1.165) is 23.3 Å². The first-order valence-corrected chi connectivity index (χ1v) is 6.01. The molecule has 2 rings (SSSR count). The number of hydrogen-bond acceptors (Lipinski definition) is 3. The summed E-state index contributed by atoms with van der Waals surface area (Å²) in [4.78, 5) is 19.7. The highest BCUT2D eigenvalue weighted by molar-refractivity contribution is 5.75. The van der Waals surface area contributed by atoms with Crippen LogP contribution >= 0.6 is 0 Å². The van der Waals surface area contributed by atoms with E-state index in [4.69, 9.17) is 5.11 Å². The second kappa shape index (κ2) is 4.76. The predicted octanol–water partition coefficient (Wildman–Crippen LogP) is 2.02. The third-order valence-electron chi connectivity index (χ3n) is 2.68. The molecule has 2 heterocycles. The quantitative estimate of drug-likeness (QED) is 0.897. The van der Waals surface area contributed by atoms with Gasteiger partial charge in [0.1, 0.15) is 17.9 Å². The number of pyridine rings is 1. The number of nitrogens with zero attached hydrogens (tertiary/aromatic N) is 3. The molecule has 18 heavy (non-hydrogen) atoms. The van der Waals surface area contributed by atoms with E-state index in [-0.39, 0.29) is 6.54 Å². The molecule has 0 aromatic carbocycles. The average molecular weight is 247 g/mol. The minimum Gasteiger partial charge on any atom is -0.480 e. The number of carboxylic acids is 1. The van der Waals surface area contributed by atoms with Gasteiger partial charge in [0.25, 0.3) is 0 Å². The van der Waals surface area contributed by atoms with Gasteiger partial charge in [0.15, 0.2) is 5.65 Å². The summed E-state index contributed by atoms with van der Waals surface area (Å²) in [5.41, 5.74) is 2.45. The van der Waals surface area contributed by atoms with Crippen LogP contribution in [-0.2, 0) is 17.8 Å². The molecule has 0 saturated carbocycles. The zero-order valence-corrected chi connectivity index (χ0v) is 10.8. The Kier molecular flexibility index (Phi) is 3.32. The van der Waals surface area contributed by atoms with Crippen molar-refractivity contribution in [2.75, 3.05) is 0 Å². The van der Waals surface area contributed by atoms with E-state index in [1.165, 1.54) is 0 Å². The van der Waals surface area contributed by atoms with Crippen molar-refractivity contribution in [3.63, 3.8) is 0 Å². The Morgan fingerprint density at radius 3 is 2.83 bits per heavy atom. The maximum absolute atomic E-state index is 10.9. The van der Waals surface area contributed by atoms with Gasteiger partial charge in [-0.3, -0.25) is 4.79 Å². The SMILES string of the molecule is Cc1cnc2c(c1)nc(CC(C)C)n2CC(=O)O. The molecule has 0 aliphatic rings. The van der Waals surface area contributed by atoms with E-state index in [9.17, 15) is 4.79 Å². The number of carboxylic acid groups (broad SMARTS) is 1. The lowest BCUT2D eigenvalue weighted by Crippen LogP contribution is -2.13. The number of hydrogen-bond donors (Lipinski definition) is 1. The Hall–Kier alpha value is -1.91. The van der Waals surface area contributed by atoms with Crippen LogP contribution in [0.3, 0.4) is 0 Å². The van der Waals surface area contributed by atoms with Crippen molar-refractivity contribution in [2.45, 2.75) is 33.7 Å². The number of carbonyl (C=O) groups is 1.